The number of carboxylic acid groups (broad SMARTS) is 2. The molecule has 0 atom stereocenters. The van der Waals surface area contributed by atoms with Crippen molar-refractivity contribution in [3.8, 4) is 56.8 Å². The Kier molecular flexibility index (Phi) is 30.6. The molecule has 8 rings (SSSR count). The molecular weight excluding hydrogens is 1470 g/mol. The molecule has 0 fully saturated rings. The Morgan fingerprint density at radius 1 is 0.436 bits per heavy atom. The van der Waals surface area contributed by atoms with E-state index in [1.54, 1.807) is 19.2 Å². The van der Waals surface area contributed by atoms with Crippen LogP contribution in [0.2, 0.25) is 20.1 Å². The predicted octanol–water partition coefficient (Wildman–Crippen LogP) is 13.1. The number of hydrogen-bond acceptors (Lipinski definition) is 21. The van der Waals surface area contributed by atoms with Gasteiger partial charge in [-0.1, -0.05) is 119 Å². The van der Waals surface area contributed by atoms with Gasteiger partial charge in [0.1, 0.15) is 59.9 Å². The molecule has 0 aliphatic rings. The van der Waals surface area contributed by atoms with Crippen LogP contribution in [0.3, 0.4) is 0 Å². The maximum absolute atomic E-state index is 13.3. The third-order valence-electron chi connectivity index (χ3n) is 11.4. The van der Waals surface area contributed by atoms with E-state index in [-0.39, 0.29) is 64.5 Å². The zero-order valence-corrected chi connectivity index (χ0v) is 57.4. The van der Waals surface area contributed by atoms with Crippen LogP contribution in [0.4, 0.5) is 11.4 Å². The number of anilines is 2. The highest BCUT2D eigenvalue weighted by atomic mass is 35.7. The third kappa shape index (κ3) is 24.3. The van der Waals surface area contributed by atoms with E-state index >= 15 is 0 Å². The van der Waals surface area contributed by atoms with Gasteiger partial charge < -0.3 is 54.6 Å². The number of sulfonamides is 1. The number of aromatic hydroxyl groups is 2. The van der Waals surface area contributed by atoms with Crippen molar-refractivity contribution in [3.05, 3.63) is 194 Å². The van der Waals surface area contributed by atoms with Crippen molar-refractivity contribution in [3.63, 3.8) is 0 Å². The summed E-state index contributed by atoms with van der Waals surface area (Å²) in [4.78, 5) is 43.0. The number of carboxylic acids is 2. The van der Waals surface area contributed by atoms with Gasteiger partial charge in [-0.2, -0.15) is 8.42 Å². The van der Waals surface area contributed by atoms with Gasteiger partial charge in [0.05, 0.1) is 54.0 Å². The molecule has 0 saturated heterocycles. The molecule has 504 valence electrons. The number of benzene rings is 8. The highest BCUT2D eigenvalue weighted by Gasteiger charge is 2.29. The minimum Gasteiger partial charge on any atom is -0.507 e. The maximum Gasteiger partial charge on any atom is 0.353 e. The number of carbonyl (C=O) groups excluding carboxylic acids is 2. The first-order chi connectivity index (χ1) is 43.8. The number of ether oxygens (including phenoxy) is 6. The Morgan fingerprint density at radius 3 is 1.20 bits per heavy atom. The predicted molar refractivity (Wildman–Crippen MR) is 354 cm³/mol. The number of nitrogen functional groups attached to an aromatic ring is 1. The van der Waals surface area contributed by atoms with Crippen molar-refractivity contribution in [2.24, 2.45) is 0 Å². The summed E-state index contributed by atoms with van der Waals surface area (Å²) in [5.41, 5.74) is 9.65. The fourth-order valence-corrected chi connectivity index (χ4v) is 11.7. The number of aromatic carboxylic acids is 2. The van der Waals surface area contributed by atoms with Crippen LogP contribution in [0.1, 0.15) is 41.4 Å². The topological polar surface area (TPSA) is 399 Å². The van der Waals surface area contributed by atoms with Crippen LogP contribution >= 0.6 is 78.5 Å². The zero-order valence-electron chi connectivity index (χ0n) is 48.9. The number of rotatable bonds is 15. The number of phenols is 2. The van der Waals surface area contributed by atoms with E-state index in [4.69, 9.17) is 125 Å². The van der Waals surface area contributed by atoms with Gasteiger partial charge in [-0.3, -0.25) is 9.27 Å². The van der Waals surface area contributed by atoms with Crippen LogP contribution < -0.4 is 29.4 Å². The highest BCUT2D eigenvalue weighted by molar-refractivity contribution is 8.14. The summed E-state index contributed by atoms with van der Waals surface area (Å²) in [7, 11) is 5.36. The van der Waals surface area contributed by atoms with Crippen molar-refractivity contribution in [2.45, 2.75) is 14.7 Å². The molecular formula is C58H51Cl7N2O23S4. The molecule has 0 unspecified atom stereocenters. The monoisotopic (exact) mass is 1520 g/mol. The van der Waals surface area contributed by atoms with E-state index in [1.807, 2.05) is 72.8 Å². The first kappa shape index (κ1) is 80.1. The average Bonchev–Trinajstić information content (AvgIpc) is 0.793. The van der Waals surface area contributed by atoms with Crippen LogP contribution in [0.5, 0.6) is 34.5 Å². The number of methoxy groups -OCH3 is 6. The molecule has 0 aliphatic heterocycles. The number of carbonyl (C=O) groups is 4. The lowest BCUT2D eigenvalue weighted by atomic mass is 10.1. The SMILES string of the molecule is COC(=O)c1cc(Cl)cc(S(=O)(=O)Cl)c1OC.COC(=O)c1cc(Cl)cc(S(=O)(=O)Nc2cc(-c3ccccc3)ccc2OC)c1OC.COc1ccc(-c2ccccc2)cc1N.O=C(O)c1cc(Cl)cc(S(=O)(=O)Cl)c1O.O=C(O)c1cc(Cl)ccc1O.O=S(=O)(O)Cl. The fraction of sp³-hybridized carbons (Fsp3) is 0.103. The van der Waals surface area contributed by atoms with E-state index in [2.05, 4.69) is 32.3 Å². The fourth-order valence-electron chi connectivity index (χ4n) is 7.41. The summed E-state index contributed by atoms with van der Waals surface area (Å²) in [5, 5.41) is 35.6. The van der Waals surface area contributed by atoms with Gasteiger partial charge in [-0.25, -0.2) is 44.4 Å². The summed E-state index contributed by atoms with van der Waals surface area (Å²) >= 11 is 22.7. The summed E-state index contributed by atoms with van der Waals surface area (Å²) < 4.78 is 128. The van der Waals surface area contributed by atoms with E-state index in [9.17, 15) is 49.5 Å². The number of halogens is 7. The van der Waals surface area contributed by atoms with Gasteiger partial charge in [-0.15, -0.1) is 0 Å². The van der Waals surface area contributed by atoms with Crippen LogP contribution in [-0.2, 0) is 46.9 Å². The molecule has 0 bridgehead atoms. The van der Waals surface area contributed by atoms with Crippen molar-refractivity contribution in [2.75, 3.05) is 53.1 Å². The zero-order chi connectivity index (χ0) is 71.2. The van der Waals surface area contributed by atoms with Gasteiger partial charge in [0.25, 0.3) is 28.1 Å². The normalized spacial score (nSPS) is 10.7. The van der Waals surface area contributed by atoms with Crippen molar-refractivity contribution < 1.29 is 106 Å². The molecule has 36 heteroatoms. The molecule has 8 aromatic rings. The second-order valence-electron chi connectivity index (χ2n) is 17.5. The van der Waals surface area contributed by atoms with Crippen LogP contribution in [0.25, 0.3) is 22.3 Å². The summed E-state index contributed by atoms with van der Waals surface area (Å²) in [6.07, 6.45) is 0. The molecule has 0 aromatic heterocycles. The summed E-state index contributed by atoms with van der Waals surface area (Å²) in [5.74, 6) is -4.79. The third-order valence-corrected chi connectivity index (χ3v) is 16.3. The molecule has 8 N–H and O–H groups in total. The number of nitrogens with two attached hydrogens (primary N) is 1. The molecule has 0 heterocycles. The number of nitrogens with one attached hydrogen (secondary N) is 1. The second kappa shape index (κ2) is 35.9. The molecule has 0 radical (unpaired) electrons. The standard InChI is InChI=1S/C22H20ClNO6S.C13H13NO.C9H8Cl2O5S.C7H4Cl2O5S.C7H5ClO3.ClHO3S/c1-28-19-10-9-15(14-7-5-4-6-8-14)11-18(19)24-31(26,27)20-13-16(23)12-17(21(20)29-2)22(25)30-3;1-15-13-8-7-11(9-12(13)14)10-5-3-2-4-6-10;1-15-8-6(9(12)16-2)3-5(10)4-7(8)17(11,13)14;8-3-1-4(7(11)12)6(10)5(2-3)15(9,13)14;8-4-1-2-6(9)5(3-4)7(10)11;1-5(2,3)4/h4-13,24H,1-3H3;2-9H,14H2,1H3;3-4H,1-2H3;1-2,10H,(H,11,12);1-3,9H,(H,10,11);(H,2,3,4). The lowest BCUT2D eigenvalue weighted by Crippen LogP contribution is -2.17. The quantitative estimate of drug-likeness (QED) is 0.0217. The Morgan fingerprint density at radius 2 is 0.819 bits per heavy atom. The minimum atomic E-state index is -4.24. The van der Waals surface area contributed by atoms with Gasteiger partial charge >= 0.3 is 33.2 Å². The molecule has 8 aromatic carbocycles. The molecule has 25 nitrogen and oxygen atoms in total. The first-order valence-corrected chi connectivity index (χ1v) is 34.9. The molecule has 94 heavy (non-hydrogen) atoms. The van der Waals surface area contributed by atoms with Gasteiger partial charge in [0.15, 0.2) is 11.5 Å². The van der Waals surface area contributed by atoms with Crippen molar-refractivity contribution in [1.82, 2.24) is 0 Å². The Hall–Kier alpha value is -8.17. The largest absolute Gasteiger partial charge is 0.507 e. The van der Waals surface area contributed by atoms with Crippen molar-refractivity contribution >= 4 is 151 Å². The van der Waals surface area contributed by atoms with E-state index < -0.39 is 77.5 Å². The smallest absolute Gasteiger partial charge is 0.353 e. The summed E-state index contributed by atoms with van der Waals surface area (Å²) in [6, 6.07) is 41.0. The van der Waals surface area contributed by atoms with Gasteiger partial charge in [0.2, 0.25) is 0 Å². The molecule has 0 spiro atoms. The second-order valence-corrected chi connectivity index (χ2v) is 28.0. The number of esters is 2. The first-order valence-electron chi connectivity index (χ1n) is 25.0. The average molecular weight is 1520 g/mol. The van der Waals surface area contributed by atoms with Gasteiger partial charge in [0, 0.05) is 52.1 Å². The lowest BCUT2D eigenvalue weighted by Gasteiger charge is -2.17. The highest BCUT2D eigenvalue weighted by Crippen LogP contribution is 2.39. The summed E-state index contributed by atoms with van der Waals surface area (Å²) in [6.45, 7) is 0. The van der Waals surface area contributed by atoms with Crippen molar-refractivity contribution in [1.29, 1.82) is 0 Å². The lowest BCUT2D eigenvalue weighted by molar-refractivity contribution is 0.0587. The number of hydrogen-bond donors (Lipinski definition) is 7. The van der Waals surface area contributed by atoms with E-state index in [0.717, 1.165) is 53.3 Å². The Bertz CT molecular complexity index is 4510. The van der Waals surface area contributed by atoms with Crippen LogP contribution in [-0.4, -0.2) is 125 Å². The molecule has 0 saturated carbocycles. The Balaban J connectivity index is 0.000000315. The minimum absolute atomic E-state index is 0.0328. The van der Waals surface area contributed by atoms with E-state index in [0.29, 0.717) is 16.5 Å². The molecule has 0 aliphatic carbocycles. The van der Waals surface area contributed by atoms with E-state index in [1.165, 1.54) is 64.8 Å². The van der Waals surface area contributed by atoms with Crippen LogP contribution in [0, 0.1) is 0 Å². The molecule has 0 amide bonds. The van der Waals surface area contributed by atoms with Crippen LogP contribution in [0.15, 0.2) is 166 Å². The van der Waals surface area contributed by atoms with Gasteiger partial charge in [-0.05, 0) is 101 Å². The maximum atomic E-state index is 13.3. The Labute approximate surface area is 571 Å².